The average Bonchev–Trinajstić information content (AvgIpc) is 2.28. The number of nitrogens with two attached hydrogens (primary N) is 1. The normalized spacial score (nSPS) is 21.5. The molecule has 1 unspecified atom stereocenters. The Morgan fingerprint density at radius 1 is 1.59 bits per heavy atom. The highest BCUT2D eigenvalue weighted by Gasteiger charge is 2.17. The van der Waals surface area contributed by atoms with Crippen LogP contribution in [0.15, 0.2) is 6.07 Å². The highest BCUT2D eigenvalue weighted by molar-refractivity contribution is 5.33. The summed E-state index contributed by atoms with van der Waals surface area (Å²) in [4.78, 5) is 11.0. The predicted molar refractivity (Wildman–Crippen MR) is 65.3 cm³/mol. The maximum absolute atomic E-state index is 5.50. The second-order valence-electron chi connectivity index (χ2n) is 4.37. The summed E-state index contributed by atoms with van der Waals surface area (Å²) in [5.74, 6) is 6.83. The third kappa shape index (κ3) is 3.36. The van der Waals surface area contributed by atoms with E-state index in [-0.39, 0.29) is 6.10 Å². The van der Waals surface area contributed by atoms with Crippen LogP contribution in [0.3, 0.4) is 0 Å². The zero-order chi connectivity index (χ0) is 12.3. The van der Waals surface area contributed by atoms with Crippen LogP contribution in [0.2, 0.25) is 0 Å². The number of nitrogen functional groups attached to an aromatic ring is 1. The molecule has 2 rings (SSSR count). The van der Waals surface area contributed by atoms with E-state index in [0.29, 0.717) is 5.82 Å². The van der Waals surface area contributed by atoms with E-state index in [9.17, 15) is 0 Å². The van der Waals surface area contributed by atoms with Crippen LogP contribution in [0.4, 0.5) is 5.82 Å². The van der Waals surface area contributed by atoms with Gasteiger partial charge in [-0.1, -0.05) is 0 Å². The first-order valence-electron chi connectivity index (χ1n) is 5.82. The fourth-order valence-corrected chi connectivity index (χ4v) is 2.01. The molecule has 1 atom stereocenters. The fraction of sp³-hybridized carbons (Fsp3) is 0.636. The van der Waals surface area contributed by atoms with E-state index in [4.69, 9.17) is 10.6 Å². The summed E-state index contributed by atoms with van der Waals surface area (Å²) in [5.41, 5.74) is 3.48. The Balaban J connectivity index is 2.04. The lowest BCUT2D eigenvalue weighted by atomic mass is 10.3. The van der Waals surface area contributed by atoms with Crippen molar-refractivity contribution in [2.24, 2.45) is 5.84 Å². The van der Waals surface area contributed by atoms with Gasteiger partial charge in [-0.25, -0.2) is 15.8 Å². The van der Waals surface area contributed by atoms with E-state index < -0.39 is 0 Å². The monoisotopic (exact) mass is 237 g/mol. The SMILES string of the molecule is Cc1cc(NN)nc(CN2CCOC(C)C2)n1. The van der Waals surface area contributed by atoms with Gasteiger partial charge in [0.1, 0.15) is 11.6 Å². The third-order valence-electron chi connectivity index (χ3n) is 2.74. The molecule has 2 heterocycles. The zero-order valence-electron chi connectivity index (χ0n) is 10.3. The number of morpholine rings is 1. The van der Waals surface area contributed by atoms with Gasteiger partial charge < -0.3 is 10.2 Å². The number of hydrogen-bond acceptors (Lipinski definition) is 6. The van der Waals surface area contributed by atoms with Crippen molar-refractivity contribution in [2.45, 2.75) is 26.5 Å². The van der Waals surface area contributed by atoms with Crippen molar-refractivity contribution >= 4 is 5.82 Å². The lowest BCUT2D eigenvalue weighted by Crippen LogP contribution is -2.40. The second kappa shape index (κ2) is 5.39. The van der Waals surface area contributed by atoms with E-state index >= 15 is 0 Å². The number of ether oxygens (including phenoxy) is 1. The smallest absolute Gasteiger partial charge is 0.145 e. The number of anilines is 1. The molecule has 17 heavy (non-hydrogen) atoms. The molecule has 1 aliphatic rings. The van der Waals surface area contributed by atoms with E-state index in [0.717, 1.165) is 37.8 Å². The third-order valence-corrected chi connectivity index (χ3v) is 2.74. The number of nitrogens with zero attached hydrogens (tertiary/aromatic N) is 3. The maximum atomic E-state index is 5.50. The molecule has 0 amide bonds. The Morgan fingerprint density at radius 3 is 3.12 bits per heavy atom. The fourth-order valence-electron chi connectivity index (χ4n) is 2.01. The molecule has 0 aliphatic carbocycles. The van der Waals surface area contributed by atoms with Gasteiger partial charge in [0.15, 0.2) is 0 Å². The number of aryl methyl sites for hydroxylation is 1. The Labute approximate surface area is 101 Å². The van der Waals surface area contributed by atoms with Crippen LogP contribution in [0, 0.1) is 6.92 Å². The molecule has 0 spiro atoms. The van der Waals surface area contributed by atoms with Gasteiger partial charge in [-0.3, -0.25) is 4.90 Å². The van der Waals surface area contributed by atoms with Crippen LogP contribution in [-0.4, -0.2) is 40.7 Å². The molecule has 1 saturated heterocycles. The highest BCUT2D eigenvalue weighted by atomic mass is 16.5. The largest absolute Gasteiger partial charge is 0.376 e. The Hall–Kier alpha value is -1.24. The average molecular weight is 237 g/mol. The summed E-state index contributed by atoms with van der Waals surface area (Å²) in [6.45, 7) is 7.37. The predicted octanol–water partition coefficient (Wildman–Crippen LogP) is 0.291. The van der Waals surface area contributed by atoms with E-state index in [2.05, 4.69) is 27.2 Å². The number of hydrazine groups is 1. The molecular weight excluding hydrogens is 218 g/mol. The maximum Gasteiger partial charge on any atom is 0.145 e. The van der Waals surface area contributed by atoms with Crippen LogP contribution in [-0.2, 0) is 11.3 Å². The van der Waals surface area contributed by atoms with Gasteiger partial charge in [-0.05, 0) is 13.8 Å². The Morgan fingerprint density at radius 2 is 2.41 bits per heavy atom. The van der Waals surface area contributed by atoms with Crippen molar-refractivity contribution in [2.75, 3.05) is 25.1 Å². The van der Waals surface area contributed by atoms with Crippen molar-refractivity contribution in [3.8, 4) is 0 Å². The molecule has 6 nitrogen and oxygen atoms in total. The lowest BCUT2D eigenvalue weighted by Gasteiger charge is -2.30. The van der Waals surface area contributed by atoms with Gasteiger partial charge in [-0.15, -0.1) is 0 Å². The zero-order valence-corrected chi connectivity index (χ0v) is 10.3. The minimum Gasteiger partial charge on any atom is -0.376 e. The molecular formula is C11H19N5O. The number of aromatic nitrogens is 2. The van der Waals surface area contributed by atoms with Crippen molar-refractivity contribution in [3.63, 3.8) is 0 Å². The van der Waals surface area contributed by atoms with Crippen molar-refractivity contribution < 1.29 is 4.74 Å². The molecule has 1 aliphatic heterocycles. The van der Waals surface area contributed by atoms with Gasteiger partial charge in [0.2, 0.25) is 0 Å². The molecule has 3 N–H and O–H groups in total. The molecule has 1 aromatic rings. The number of nitrogens with one attached hydrogen (secondary N) is 1. The highest BCUT2D eigenvalue weighted by Crippen LogP contribution is 2.10. The van der Waals surface area contributed by atoms with Crippen LogP contribution < -0.4 is 11.3 Å². The molecule has 1 fully saturated rings. The van der Waals surface area contributed by atoms with E-state index in [1.807, 2.05) is 13.0 Å². The topological polar surface area (TPSA) is 76.3 Å². The second-order valence-corrected chi connectivity index (χ2v) is 4.37. The van der Waals surface area contributed by atoms with Crippen LogP contribution in [0.5, 0.6) is 0 Å². The van der Waals surface area contributed by atoms with Gasteiger partial charge in [0.25, 0.3) is 0 Å². The summed E-state index contributed by atoms with van der Waals surface area (Å²) >= 11 is 0. The Kier molecular flexibility index (Phi) is 3.88. The number of rotatable bonds is 3. The molecule has 0 bridgehead atoms. The van der Waals surface area contributed by atoms with Crippen molar-refractivity contribution in [3.05, 3.63) is 17.6 Å². The summed E-state index contributed by atoms with van der Waals surface area (Å²) < 4.78 is 5.50. The van der Waals surface area contributed by atoms with Gasteiger partial charge in [0, 0.05) is 24.8 Å². The van der Waals surface area contributed by atoms with Crippen molar-refractivity contribution in [1.82, 2.24) is 14.9 Å². The molecule has 0 radical (unpaired) electrons. The van der Waals surface area contributed by atoms with E-state index in [1.165, 1.54) is 0 Å². The van der Waals surface area contributed by atoms with Gasteiger partial charge in [0.05, 0.1) is 19.3 Å². The standard InChI is InChI=1S/C11H19N5O/c1-8-5-10(15-12)14-11(13-8)7-16-3-4-17-9(2)6-16/h5,9H,3-4,6-7,12H2,1-2H3,(H,13,14,15). The van der Waals surface area contributed by atoms with Crippen molar-refractivity contribution in [1.29, 1.82) is 0 Å². The summed E-state index contributed by atoms with van der Waals surface area (Å²) in [5, 5.41) is 0. The van der Waals surface area contributed by atoms with E-state index in [1.54, 1.807) is 0 Å². The first-order chi connectivity index (χ1) is 8.17. The summed E-state index contributed by atoms with van der Waals surface area (Å²) in [7, 11) is 0. The van der Waals surface area contributed by atoms with Crippen LogP contribution in [0.1, 0.15) is 18.4 Å². The molecule has 1 aromatic heterocycles. The first kappa shape index (κ1) is 12.2. The quantitative estimate of drug-likeness (QED) is 0.581. The Bertz CT molecular complexity index is 384. The number of hydrogen-bond donors (Lipinski definition) is 2. The molecule has 0 aromatic carbocycles. The van der Waals surface area contributed by atoms with Crippen LogP contribution in [0.25, 0.3) is 0 Å². The first-order valence-corrected chi connectivity index (χ1v) is 5.82. The van der Waals surface area contributed by atoms with Gasteiger partial charge in [-0.2, -0.15) is 0 Å². The summed E-state index contributed by atoms with van der Waals surface area (Å²) in [6.07, 6.45) is 0.278. The molecule has 0 saturated carbocycles. The minimum absolute atomic E-state index is 0.278. The summed E-state index contributed by atoms with van der Waals surface area (Å²) in [6, 6.07) is 1.82. The van der Waals surface area contributed by atoms with Gasteiger partial charge >= 0.3 is 0 Å². The minimum atomic E-state index is 0.278. The lowest BCUT2D eigenvalue weighted by molar-refractivity contribution is -0.0220. The molecule has 6 heteroatoms. The van der Waals surface area contributed by atoms with Crippen LogP contribution >= 0.6 is 0 Å². The molecule has 94 valence electrons.